The van der Waals surface area contributed by atoms with E-state index in [1.165, 1.54) is 11.8 Å². The number of hydrogen-bond acceptors (Lipinski definition) is 4. The van der Waals surface area contributed by atoms with Crippen molar-refractivity contribution in [2.45, 2.75) is 38.8 Å². The molecule has 0 saturated carbocycles. The summed E-state index contributed by atoms with van der Waals surface area (Å²) in [6.07, 6.45) is 3.70. The second kappa shape index (κ2) is 8.20. The van der Waals surface area contributed by atoms with Crippen LogP contribution in [-0.4, -0.2) is 67.9 Å². The van der Waals surface area contributed by atoms with Gasteiger partial charge in [0, 0.05) is 26.1 Å². The summed E-state index contributed by atoms with van der Waals surface area (Å²) in [5, 5.41) is 9.04. The van der Waals surface area contributed by atoms with Crippen LogP contribution in [0, 0.1) is 0 Å². The third-order valence-electron chi connectivity index (χ3n) is 5.03. The van der Waals surface area contributed by atoms with Crippen molar-refractivity contribution in [2.24, 2.45) is 0 Å². The van der Waals surface area contributed by atoms with Gasteiger partial charge in [-0.1, -0.05) is 12.1 Å². The van der Waals surface area contributed by atoms with E-state index in [-0.39, 0.29) is 30.9 Å². The van der Waals surface area contributed by atoms with Crippen molar-refractivity contribution < 1.29 is 19.5 Å². The Balaban J connectivity index is 1.64. The van der Waals surface area contributed by atoms with Gasteiger partial charge >= 0.3 is 5.97 Å². The molecule has 8 heteroatoms. The number of hydrogen-bond donors (Lipinski definition) is 1. The number of likely N-dealkylation sites (tertiary alicyclic amines) is 1. The smallest absolute Gasteiger partial charge is 0.323 e. The molecule has 0 unspecified atom stereocenters. The topological polar surface area (TPSA) is 95.7 Å². The van der Waals surface area contributed by atoms with Crippen LogP contribution in [0.3, 0.4) is 0 Å². The fraction of sp³-hybridized carbons (Fsp3) is 0.474. The third-order valence-corrected chi connectivity index (χ3v) is 5.03. The Morgan fingerprint density at radius 1 is 1.22 bits per heavy atom. The summed E-state index contributed by atoms with van der Waals surface area (Å²) in [6.45, 7) is 2.44. The van der Waals surface area contributed by atoms with Crippen LogP contribution >= 0.6 is 0 Å². The van der Waals surface area contributed by atoms with Crippen molar-refractivity contribution in [3.8, 4) is 0 Å². The number of amides is 2. The average molecular weight is 372 g/mol. The van der Waals surface area contributed by atoms with Gasteiger partial charge < -0.3 is 19.5 Å². The standard InChI is InChI=1S/C19H24N4O4/c1-14(24)23(12-19(26)27)15-5-4-9-21(10-8-15)18(25)11-22-13-20-16-6-2-3-7-17(16)22/h2-3,6-7,13,15H,4-5,8-12H2,1H3,(H,26,27)/t15-/m1/s1. The fourth-order valence-corrected chi connectivity index (χ4v) is 3.67. The van der Waals surface area contributed by atoms with Crippen LogP contribution in [0.1, 0.15) is 26.2 Å². The van der Waals surface area contributed by atoms with E-state index >= 15 is 0 Å². The molecule has 1 N–H and O–H groups in total. The molecule has 27 heavy (non-hydrogen) atoms. The van der Waals surface area contributed by atoms with E-state index < -0.39 is 5.97 Å². The van der Waals surface area contributed by atoms with Crippen LogP contribution in [0.25, 0.3) is 11.0 Å². The zero-order chi connectivity index (χ0) is 19.4. The van der Waals surface area contributed by atoms with E-state index in [0.717, 1.165) is 17.5 Å². The third kappa shape index (κ3) is 4.45. The fourth-order valence-electron chi connectivity index (χ4n) is 3.67. The lowest BCUT2D eigenvalue weighted by molar-refractivity contribution is -0.145. The number of imidazole rings is 1. The molecular weight excluding hydrogens is 348 g/mol. The predicted octanol–water partition coefficient (Wildman–Crippen LogP) is 1.35. The van der Waals surface area contributed by atoms with E-state index in [1.807, 2.05) is 28.8 Å². The van der Waals surface area contributed by atoms with E-state index in [9.17, 15) is 14.4 Å². The molecule has 0 radical (unpaired) electrons. The highest BCUT2D eigenvalue weighted by atomic mass is 16.4. The molecule has 8 nitrogen and oxygen atoms in total. The molecule has 2 aromatic rings. The van der Waals surface area contributed by atoms with E-state index in [2.05, 4.69) is 4.98 Å². The molecular formula is C19H24N4O4. The summed E-state index contributed by atoms with van der Waals surface area (Å²) in [5.41, 5.74) is 1.77. The van der Waals surface area contributed by atoms with Crippen molar-refractivity contribution in [1.82, 2.24) is 19.4 Å². The number of carboxylic acids is 1. The molecule has 2 heterocycles. The Bertz CT molecular complexity index is 847. The number of fused-ring (bicyclic) bond motifs is 1. The van der Waals surface area contributed by atoms with Gasteiger partial charge in [-0.25, -0.2) is 4.98 Å². The molecule has 1 aromatic carbocycles. The Morgan fingerprint density at radius 3 is 2.74 bits per heavy atom. The Hall–Kier alpha value is -2.90. The second-order valence-electron chi connectivity index (χ2n) is 6.87. The van der Waals surface area contributed by atoms with E-state index in [1.54, 1.807) is 11.2 Å². The van der Waals surface area contributed by atoms with Gasteiger partial charge in [-0.15, -0.1) is 0 Å². The molecule has 1 fully saturated rings. The monoisotopic (exact) mass is 372 g/mol. The maximum atomic E-state index is 12.8. The first-order valence-electron chi connectivity index (χ1n) is 9.12. The summed E-state index contributed by atoms with van der Waals surface area (Å²) in [7, 11) is 0. The highest BCUT2D eigenvalue weighted by Gasteiger charge is 2.27. The average Bonchev–Trinajstić information content (AvgIpc) is 2.87. The lowest BCUT2D eigenvalue weighted by atomic mass is 10.1. The van der Waals surface area contributed by atoms with Gasteiger partial charge in [0.05, 0.1) is 17.4 Å². The molecule has 1 atom stereocenters. The maximum Gasteiger partial charge on any atom is 0.323 e. The number of carbonyl (C=O) groups excluding carboxylic acids is 2. The Morgan fingerprint density at radius 2 is 2.00 bits per heavy atom. The molecule has 0 bridgehead atoms. The molecule has 1 saturated heterocycles. The largest absolute Gasteiger partial charge is 0.480 e. The van der Waals surface area contributed by atoms with Crippen molar-refractivity contribution in [3.63, 3.8) is 0 Å². The van der Waals surface area contributed by atoms with E-state index in [4.69, 9.17) is 5.11 Å². The number of carbonyl (C=O) groups is 3. The molecule has 0 spiro atoms. The van der Waals surface area contributed by atoms with Gasteiger partial charge in [0.1, 0.15) is 13.1 Å². The van der Waals surface area contributed by atoms with Gasteiger partial charge in [-0.2, -0.15) is 0 Å². The first-order chi connectivity index (χ1) is 13.0. The minimum atomic E-state index is -1.02. The van der Waals surface area contributed by atoms with Crippen LogP contribution < -0.4 is 0 Å². The molecule has 3 rings (SSSR count). The van der Waals surface area contributed by atoms with Crippen LogP contribution in [0.4, 0.5) is 0 Å². The van der Waals surface area contributed by atoms with Crippen molar-refractivity contribution in [2.75, 3.05) is 19.6 Å². The number of carboxylic acid groups (broad SMARTS) is 1. The first kappa shape index (κ1) is 18.9. The van der Waals surface area contributed by atoms with Gasteiger partial charge in [0.15, 0.2) is 0 Å². The second-order valence-corrected chi connectivity index (χ2v) is 6.87. The summed E-state index contributed by atoms with van der Waals surface area (Å²) in [6, 6.07) is 7.52. The summed E-state index contributed by atoms with van der Waals surface area (Å²) < 4.78 is 1.84. The molecule has 1 aliphatic rings. The van der Waals surface area contributed by atoms with Gasteiger partial charge in [0.2, 0.25) is 11.8 Å². The molecule has 144 valence electrons. The maximum absolute atomic E-state index is 12.8. The molecule has 1 aliphatic heterocycles. The minimum absolute atomic E-state index is 0.00594. The Labute approximate surface area is 157 Å². The number of benzene rings is 1. The SMILES string of the molecule is CC(=O)N(CC(=O)O)[C@@H]1CCCN(C(=O)Cn2cnc3ccccc32)CC1. The van der Waals surface area contributed by atoms with Crippen LogP contribution in [0.2, 0.25) is 0 Å². The number of aromatic nitrogens is 2. The predicted molar refractivity (Wildman–Crippen MR) is 99.0 cm³/mol. The van der Waals surface area contributed by atoms with Crippen LogP contribution in [0.15, 0.2) is 30.6 Å². The van der Waals surface area contributed by atoms with Gasteiger partial charge in [-0.05, 0) is 31.4 Å². The lowest BCUT2D eigenvalue weighted by Gasteiger charge is -2.28. The minimum Gasteiger partial charge on any atom is -0.480 e. The highest BCUT2D eigenvalue weighted by Crippen LogP contribution is 2.18. The zero-order valence-electron chi connectivity index (χ0n) is 15.4. The van der Waals surface area contributed by atoms with Crippen molar-refractivity contribution >= 4 is 28.8 Å². The molecule has 2 amide bonds. The number of para-hydroxylation sites is 2. The summed E-state index contributed by atoms with van der Waals surface area (Å²) in [4.78, 5) is 43.1. The number of aliphatic carboxylic acids is 1. The highest BCUT2D eigenvalue weighted by molar-refractivity contribution is 5.81. The van der Waals surface area contributed by atoms with E-state index in [0.29, 0.717) is 25.9 Å². The van der Waals surface area contributed by atoms with Gasteiger partial charge in [0.25, 0.3) is 0 Å². The Kier molecular flexibility index (Phi) is 5.73. The number of rotatable bonds is 5. The zero-order valence-corrected chi connectivity index (χ0v) is 15.4. The van der Waals surface area contributed by atoms with Crippen molar-refractivity contribution in [3.05, 3.63) is 30.6 Å². The van der Waals surface area contributed by atoms with Crippen molar-refractivity contribution in [1.29, 1.82) is 0 Å². The van der Waals surface area contributed by atoms with Crippen LogP contribution in [-0.2, 0) is 20.9 Å². The van der Waals surface area contributed by atoms with Crippen LogP contribution in [0.5, 0.6) is 0 Å². The molecule has 0 aliphatic carbocycles. The summed E-state index contributed by atoms with van der Waals surface area (Å²) in [5.74, 6) is -1.26. The lowest BCUT2D eigenvalue weighted by Crippen LogP contribution is -2.43. The summed E-state index contributed by atoms with van der Waals surface area (Å²) >= 11 is 0. The first-order valence-corrected chi connectivity index (χ1v) is 9.12. The quantitative estimate of drug-likeness (QED) is 0.855. The van der Waals surface area contributed by atoms with Gasteiger partial charge in [-0.3, -0.25) is 14.4 Å². The molecule has 1 aromatic heterocycles. The normalized spacial score (nSPS) is 17.5. The number of nitrogens with zero attached hydrogens (tertiary/aromatic N) is 4.